The summed E-state index contributed by atoms with van der Waals surface area (Å²) in [5.74, 6) is 0.879. The second-order valence-corrected chi connectivity index (χ2v) is 4.87. The van der Waals surface area contributed by atoms with Crippen LogP contribution >= 0.6 is 51.2 Å². The van der Waals surface area contributed by atoms with Crippen LogP contribution in [-0.4, -0.2) is 19.0 Å². The molecule has 3 nitrogen and oxygen atoms in total. The highest BCUT2D eigenvalue weighted by atomic mass is 127. The zero-order chi connectivity index (χ0) is 11.1. The minimum Gasteiger partial charge on any atom is -0.357 e. The van der Waals surface area contributed by atoms with Crippen LogP contribution < -0.4 is 10.6 Å². The van der Waals surface area contributed by atoms with E-state index in [0.29, 0.717) is 0 Å². The average Bonchev–Trinajstić information content (AvgIpc) is 2.61. The molecule has 0 atom stereocenters. The molecule has 0 spiro atoms. The van der Waals surface area contributed by atoms with Crippen molar-refractivity contribution in [1.29, 1.82) is 0 Å². The van der Waals surface area contributed by atoms with Crippen molar-refractivity contribution in [1.82, 2.24) is 10.6 Å². The lowest BCUT2D eigenvalue weighted by Gasteiger charge is -2.08. The van der Waals surface area contributed by atoms with Crippen molar-refractivity contribution in [3.63, 3.8) is 0 Å². The van der Waals surface area contributed by atoms with Crippen molar-refractivity contribution >= 4 is 57.2 Å². The summed E-state index contributed by atoms with van der Waals surface area (Å²) in [7, 11) is 0. The summed E-state index contributed by atoms with van der Waals surface area (Å²) in [6.45, 7) is 6.63. The summed E-state index contributed by atoms with van der Waals surface area (Å²) in [5, 5.41) is 8.46. The van der Waals surface area contributed by atoms with Crippen LogP contribution in [0.2, 0.25) is 0 Å². The zero-order valence-corrected chi connectivity index (χ0v) is 14.2. The molecule has 92 valence electrons. The summed E-state index contributed by atoms with van der Waals surface area (Å²) < 4.78 is 1.13. The van der Waals surface area contributed by atoms with Gasteiger partial charge in [-0.05, 0) is 35.8 Å². The molecule has 0 radical (unpaired) electrons. The number of thiophene rings is 1. The number of guanidine groups is 1. The van der Waals surface area contributed by atoms with Crippen LogP contribution in [-0.2, 0) is 6.54 Å². The first-order valence-electron chi connectivity index (χ1n) is 5.01. The summed E-state index contributed by atoms with van der Waals surface area (Å²) in [4.78, 5) is 5.73. The van der Waals surface area contributed by atoms with Gasteiger partial charge in [0.1, 0.15) is 0 Å². The predicted octanol–water partition coefficient (Wildman–Crippen LogP) is 3.20. The van der Waals surface area contributed by atoms with E-state index in [1.54, 1.807) is 11.3 Å². The van der Waals surface area contributed by atoms with Crippen LogP contribution in [0, 0.1) is 0 Å². The zero-order valence-electron chi connectivity index (χ0n) is 9.42. The van der Waals surface area contributed by atoms with E-state index in [-0.39, 0.29) is 24.0 Å². The first-order chi connectivity index (χ1) is 7.26. The van der Waals surface area contributed by atoms with Crippen molar-refractivity contribution < 1.29 is 0 Å². The first-order valence-corrected chi connectivity index (χ1v) is 6.68. The van der Waals surface area contributed by atoms with Gasteiger partial charge in [-0.1, -0.05) is 0 Å². The van der Waals surface area contributed by atoms with Crippen LogP contribution in [0.25, 0.3) is 0 Å². The van der Waals surface area contributed by atoms with Crippen molar-refractivity contribution in [2.24, 2.45) is 4.99 Å². The maximum atomic E-state index is 4.47. The molecular formula is C10H17BrIN3S. The number of nitrogens with one attached hydrogen (secondary N) is 2. The van der Waals surface area contributed by atoms with Crippen molar-refractivity contribution in [3.8, 4) is 0 Å². The quantitative estimate of drug-likeness (QED) is 0.448. The molecule has 1 aromatic rings. The van der Waals surface area contributed by atoms with Crippen molar-refractivity contribution in [2.75, 3.05) is 13.1 Å². The van der Waals surface area contributed by atoms with Gasteiger partial charge in [-0.2, -0.15) is 0 Å². The van der Waals surface area contributed by atoms with E-state index in [2.05, 4.69) is 56.8 Å². The molecular weight excluding hydrogens is 401 g/mol. The fourth-order valence-corrected chi connectivity index (χ4v) is 2.48. The highest BCUT2D eigenvalue weighted by Gasteiger charge is 1.98. The molecule has 0 aromatic carbocycles. The summed E-state index contributed by atoms with van der Waals surface area (Å²) in [6, 6.07) is 2.10. The van der Waals surface area contributed by atoms with E-state index in [1.807, 2.05) is 0 Å². The lowest BCUT2D eigenvalue weighted by atomic mass is 10.5. The van der Waals surface area contributed by atoms with Gasteiger partial charge in [0.25, 0.3) is 0 Å². The third kappa shape index (κ3) is 6.05. The van der Waals surface area contributed by atoms with E-state index < -0.39 is 0 Å². The number of hydrogen-bond donors (Lipinski definition) is 2. The Morgan fingerprint density at radius 3 is 2.44 bits per heavy atom. The topological polar surface area (TPSA) is 36.4 Å². The molecule has 0 aliphatic rings. The van der Waals surface area contributed by atoms with Gasteiger partial charge in [0, 0.05) is 27.8 Å². The van der Waals surface area contributed by atoms with Gasteiger partial charge < -0.3 is 10.6 Å². The number of aliphatic imine (C=N–C) groups is 1. The van der Waals surface area contributed by atoms with Gasteiger partial charge in [-0.25, -0.2) is 4.99 Å². The Morgan fingerprint density at radius 2 is 2.00 bits per heavy atom. The van der Waals surface area contributed by atoms with Crippen molar-refractivity contribution in [2.45, 2.75) is 20.4 Å². The third-order valence-electron chi connectivity index (χ3n) is 1.70. The van der Waals surface area contributed by atoms with Crippen LogP contribution in [0.15, 0.2) is 20.9 Å². The van der Waals surface area contributed by atoms with Crippen LogP contribution in [0.1, 0.15) is 18.7 Å². The Bertz CT molecular complexity index is 320. The van der Waals surface area contributed by atoms with E-state index in [4.69, 9.17) is 0 Å². The Kier molecular flexibility index (Phi) is 9.34. The second kappa shape index (κ2) is 9.23. The standard InChI is InChI=1S/C10H16BrN3S.HI/c1-3-12-10(13-4-2)14-6-9-5-8(11)7-15-9;/h5,7H,3-4,6H2,1-2H3,(H2,12,13,14);1H. The fraction of sp³-hybridized carbons (Fsp3) is 0.500. The van der Waals surface area contributed by atoms with E-state index in [0.717, 1.165) is 30.1 Å². The van der Waals surface area contributed by atoms with Crippen LogP contribution in [0.4, 0.5) is 0 Å². The Morgan fingerprint density at radius 1 is 1.38 bits per heavy atom. The van der Waals surface area contributed by atoms with Crippen LogP contribution in [0.5, 0.6) is 0 Å². The Labute approximate surface area is 126 Å². The van der Waals surface area contributed by atoms with Gasteiger partial charge in [0.05, 0.1) is 6.54 Å². The number of rotatable bonds is 4. The van der Waals surface area contributed by atoms with E-state index in [1.165, 1.54) is 4.88 Å². The molecule has 1 aromatic heterocycles. The molecule has 0 aliphatic heterocycles. The number of nitrogens with zero attached hydrogens (tertiary/aromatic N) is 1. The SMILES string of the molecule is CCNC(=NCc1cc(Br)cs1)NCC.I. The molecule has 16 heavy (non-hydrogen) atoms. The smallest absolute Gasteiger partial charge is 0.191 e. The van der Waals surface area contributed by atoms with Gasteiger partial charge in [-0.3, -0.25) is 0 Å². The molecule has 0 amide bonds. The highest BCUT2D eigenvalue weighted by Crippen LogP contribution is 2.20. The van der Waals surface area contributed by atoms with Crippen molar-refractivity contribution in [3.05, 3.63) is 20.8 Å². The molecule has 6 heteroatoms. The van der Waals surface area contributed by atoms with E-state index in [9.17, 15) is 0 Å². The summed E-state index contributed by atoms with van der Waals surface area (Å²) in [5.41, 5.74) is 0. The predicted molar refractivity (Wildman–Crippen MR) is 85.9 cm³/mol. The highest BCUT2D eigenvalue weighted by molar-refractivity contribution is 14.0. The maximum absolute atomic E-state index is 4.47. The van der Waals surface area contributed by atoms with Crippen LogP contribution in [0.3, 0.4) is 0 Å². The monoisotopic (exact) mass is 417 g/mol. The first kappa shape index (κ1) is 16.2. The Hall–Kier alpha value is 0.180. The molecule has 0 unspecified atom stereocenters. The molecule has 2 N–H and O–H groups in total. The number of hydrogen-bond acceptors (Lipinski definition) is 2. The molecule has 0 bridgehead atoms. The summed E-state index contributed by atoms with van der Waals surface area (Å²) >= 11 is 5.15. The average molecular weight is 418 g/mol. The molecule has 0 aliphatic carbocycles. The third-order valence-corrected chi connectivity index (χ3v) is 3.39. The lowest BCUT2D eigenvalue weighted by molar-refractivity contribution is 0.841. The summed E-state index contributed by atoms with van der Waals surface area (Å²) in [6.07, 6.45) is 0. The van der Waals surface area contributed by atoms with Gasteiger partial charge in [0.2, 0.25) is 0 Å². The molecule has 1 heterocycles. The maximum Gasteiger partial charge on any atom is 0.191 e. The normalized spacial score (nSPS) is 9.19. The molecule has 0 saturated carbocycles. The number of halogens is 2. The lowest BCUT2D eigenvalue weighted by Crippen LogP contribution is -2.36. The Balaban J connectivity index is 0.00000225. The van der Waals surface area contributed by atoms with E-state index >= 15 is 0 Å². The molecule has 0 saturated heterocycles. The fourth-order valence-electron chi connectivity index (χ4n) is 1.10. The van der Waals surface area contributed by atoms with Gasteiger partial charge in [-0.15, -0.1) is 35.3 Å². The minimum absolute atomic E-state index is 0. The van der Waals surface area contributed by atoms with Gasteiger partial charge in [0.15, 0.2) is 5.96 Å². The molecule has 1 rings (SSSR count). The minimum atomic E-state index is 0. The second-order valence-electron chi connectivity index (χ2n) is 2.96. The largest absolute Gasteiger partial charge is 0.357 e. The van der Waals surface area contributed by atoms with Gasteiger partial charge >= 0.3 is 0 Å². The molecule has 0 fully saturated rings.